The second kappa shape index (κ2) is 8.31. The molecular formula is C21H16N6O3. The zero-order valence-electron chi connectivity index (χ0n) is 15.7. The van der Waals surface area contributed by atoms with E-state index >= 15 is 0 Å². The van der Waals surface area contributed by atoms with E-state index in [1.54, 1.807) is 22.9 Å². The van der Waals surface area contributed by atoms with Gasteiger partial charge in [-0.1, -0.05) is 18.2 Å². The molecule has 0 radical (unpaired) electrons. The summed E-state index contributed by atoms with van der Waals surface area (Å²) in [4.78, 5) is 31.7. The molecule has 148 valence electrons. The van der Waals surface area contributed by atoms with Gasteiger partial charge in [0.05, 0.1) is 22.2 Å². The van der Waals surface area contributed by atoms with Gasteiger partial charge in [-0.3, -0.25) is 19.9 Å². The summed E-state index contributed by atoms with van der Waals surface area (Å²) in [6, 6.07) is 18.9. The number of fused-ring (bicyclic) bond motifs is 1. The lowest BCUT2D eigenvalue weighted by Gasteiger charge is -2.07. The monoisotopic (exact) mass is 400 g/mol. The maximum Gasteiger partial charge on any atom is 0.269 e. The van der Waals surface area contributed by atoms with Gasteiger partial charge in [-0.05, 0) is 42.0 Å². The van der Waals surface area contributed by atoms with Crippen molar-refractivity contribution in [3.8, 4) is 11.5 Å². The third-order valence-electron chi connectivity index (χ3n) is 4.36. The largest absolute Gasteiger partial charge is 0.313 e. The number of nitro benzene ring substituents is 1. The summed E-state index contributed by atoms with van der Waals surface area (Å²) in [5.41, 5.74) is 5.34. The van der Waals surface area contributed by atoms with Crippen LogP contribution in [0.15, 0.2) is 78.0 Å². The molecule has 0 unspecified atom stereocenters. The molecule has 30 heavy (non-hydrogen) atoms. The molecule has 2 aromatic carbocycles. The van der Waals surface area contributed by atoms with Crippen molar-refractivity contribution in [2.75, 3.05) is 0 Å². The van der Waals surface area contributed by atoms with Crippen LogP contribution in [0.25, 0.3) is 22.6 Å². The number of pyridine rings is 1. The Bertz CT molecular complexity index is 1230. The van der Waals surface area contributed by atoms with E-state index < -0.39 is 4.92 Å². The summed E-state index contributed by atoms with van der Waals surface area (Å²) >= 11 is 0. The first kappa shape index (κ1) is 18.9. The number of para-hydroxylation sites is 2. The first-order valence-electron chi connectivity index (χ1n) is 9.05. The number of non-ortho nitro benzene ring substituents is 1. The van der Waals surface area contributed by atoms with Crippen molar-refractivity contribution in [3.05, 3.63) is 88.6 Å². The average molecular weight is 400 g/mol. The number of hydrazone groups is 1. The Morgan fingerprint density at radius 2 is 1.87 bits per heavy atom. The van der Waals surface area contributed by atoms with E-state index in [2.05, 4.69) is 20.5 Å². The minimum atomic E-state index is -0.475. The van der Waals surface area contributed by atoms with E-state index in [9.17, 15) is 14.9 Å². The summed E-state index contributed by atoms with van der Waals surface area (Å²) in [6.07, 6.45) is 3.10. The van der Waals surface area contributed by atoms with Gasteiger partial charge in [-0.2, -0.15) is 5.10 Å². The minimum Gasteiger partial charge on any atom is -0.313 e. The van der Waals surface area contributed by atoms with Gasteiger partial charge in [0.15, 0.2) is 5.82 Å². The van der Waals surface area contributed by atoms with E-state index in [1.807, 2.05) is 42.5 Å². The number of nitro groups is 1. The minimum absolute atomic E-state index is 0.00399. The summed E-state index contributed by atoms with van der Waals surface area (Å²) < 4.78 is 1.79. The average Bonchev–Trinajstić information content (AvgIpc) is 3.13. The molecule has 0 aliphatic rings. The lowest BCUT2D eigenvalue weighted by atomic mass is 10.2. The lowest BCUT2D eigenvalue weighted by molar-refractivity contribution is -0.384. The number of carbonyl (C=O) groups is 1. The highest BCUT2D eigenvalue weighted by Crippen LogP contribution is 2.23. The Morgan fingerprint density at radius 3 is 2.60 bits per heavy atom. The first-order chi connectivity index (χ1) is 14.6. The molecule has 1 amide bonds. The highest BCUT2D eigenvalue weighted by atomic mass is 16.6. The maximum absolute atomic E-state index is 12.5. The molecule has 0 aliphatic carbocycles. The summed E-state index contributed by atoms with van der Waals surface area (Å²) in [5.74, 6) is 0.250. The van der Waals surface area contributed by atoms with Crippen LogP contribution in [0.3, 0.4) is 0 Å². The Hall–Kier alpha value is -4.40. The van der Waals surface area contributed by atoms with E-state index in [0.29, 0.717) is 17.1 Å². The molecule has 0 aliphatic heterocycles. The van der Waals surface area contributed by atoms with E-state index in [1.165, 1.54) is 18.3 Å². The van der Waals surface area contributed by atoms with Gasteiger partial charge < -0.3 is 4.57 Å². The number of amides is 1. The number of rotatable bonds is 6. The topological polar surface area (TPSA) is 115 Å². The molecule has 4 aromatic rings. The quantitative estimate of drug-likeness (QED) is 0.303. The fourth-order valence-corrected chi connectivity index (χ4v) is 2.97. The maximum atomic E-state index is 12.5. The lowest BCUT2D eigenvalue weighted by Crippen LogP contribution is -2.23. The van der Waals surface area contributed by atoms with Crippen molar-refractivity contribution >= 4 is 28.8 Å². The predicted molar refractivity (Wildman–Crippen MR) is 112 cm³/mol. The Balaban J connectivity index is 1.52. The van der Waals surface area contributed by atoms with Crippen LogP contribution in [0, 0.1) is 10.1 Å². The second-order valence-electron chi connectivity index (χ2n) is 6.37. The summed E-state index contributed by atoms with van der Waals surface area (Å²) in [5, 5.41) is 14.6. The van der Waals surface area contributed by atoms with Crippen LogP contribution < -0.4 is 5.43 Å². The van der Waals surface area contributed by atoms with Crippen LogP contribution in [-0.4, -0.2) is 31.6 Å². The fourth-order valence-electron chi connectivity index (χ4n) is 2.97. The van der Waals surface area contributed by atoms with Gasteiger partial charge >= 0.3 is 0 Å². The third kappa shape index (κ3) is 4.04. The van der Waals surface area contributed by atoms with Gasteiger partial charge in [0.2, 0.25) is 0 Å². The molecular weight excluding hydrogens is 384 g/mol. The molecule has 0 fully saturated rings. The van der Waals surface area contributed by atoms with Crippen molar-refractivity contribution in [3.63, 3.8) is 0 Å². The summed E-state index contributed by atoms with van der Waals surface area (Å²) in [7, 11) is 0. The molecule has 9 heteroatoms. The summed E-state index contributed by atoms with van der Waals surface area (Å²) in [6.45, 7) is 0.00399. The van der Waals surface area contributed by atoms with Gasteiger partial charge in [0, 0.05) is 18.3 Å². The molecule has 2 aromatic heterocycles. The van der Waals surface area contributed by atoms with Gasteiger partial charge in [-0.25, -0.2) is 10.4 Å². The van der Waals surface area contributed by atoms with Gasteiger partial charge in [0.1, 0.15) is 12.2 Å². The zero-order valence-corrected chi connectivity index (χ0v) is 15.7. The molecule has 9 nitrogen and oxygen atoms in total. The van der Waals surface area contributed by atoms with Crippen LogP contribution in [0.5, 0.6) is 0 Å². The molecule has 2 heterocycles. The first-order valence-corrected chi connectivity index (χ1v) is 9.05. The third-order valence-corrected chi connectivity index (χ3v) is 4.36. The fraction of sp³-hybridized carbons (Fsp3) is 0.0476. The van der Waals surface area contributed by atoms with Crippen LogP contribution in [0.4, 0.5) is 5.69 Å². The van der Waals surface area contributed by atoms with Crippen molar-refractivity contribution in [1.29, 1.82) is 0 Å². The number of nitrogens with one attached hydrogen (secondary N) is 1. The number of carbonyl (C=O) groups excluding carboxylic acids is 1. The molecule has 4 rings (SSSR count). The van der Waals surface area contributed by atoms with E-state index in [0.717, 1.165) is 11.0 Å². The SMILES string of the molecule is O=C(Cn1c(-c2ccccn2)nc2ccccc21)N/N=C\c1ccc([N+](=O)[O-])cc1. The molecule has 0 saturated heterocycles. The Kier molecular flexibility index (Phi) is 5.25. The molecule has 1 N–H and O–H groups in total. The predicted octanol–water partition coefficient (Wildman–Crippen LogP) is 3.16. The normalized spacial score (nSPS) is 11.1. The number of aromatic nitrogens is 3. The van der Waals surface area contributed by atoms with Crippen LogP contribution in [0.1, 0.15) is 5.56 Å². The van der Waals surface area contributed by atoms with Gasteiger partial charge in [0.25, 0.3) is 11.6 Å². The van der Waals surface area contributed by atoms with Crippen molar-refractivity contribution in [2.45, 2.75) is 6.54 Å². The second-order valence-corrected chi connectivity index (χ2v) is 6.37. The number of imidazole rings is 1. The Labute approximate surface area is 170 Å². The highest BCUT2D eigenvalue weighted by molar-refractivity contribution is 5.85. The molecule has 0 spiro atoms. The zero-order chi connectivity index (χ0) is 20.9. The Morgan fingerprint density at radius 1 is 1.10 bits per heavy atom. The van der Waals surface area contributed by atoms with E-state index in [-0.39, 0.29) is 18.1 Å². The van der Waals surface area contributed by atoms with E-state index in [4.69, 9.17) is 0 Å². The van der Waals surface area contributed by atoms with Crippen molar-refractivity contribution < 1.29 is 9.72 Å². The number of hydrogen-bond acceptors (Lipinski definition) is 6. The molecule has 0 atom stereocenters. The smallest absolute Gasteiger partial charge is 0.269 e. The van der Waals surface area contributed by atoms with Gasteiger partial charge in [-0.15, -0.1) is 0 Å². The van der Waals surface area contributed by atoms with Crippen molar-refractivity contribution in [1.82, 2.24) is 20.0 Å². The van der Waals surface area contributed by atoms with Crippen LogP contribution in [-0.2, 0) is 11.3 Å². The molecule has 0 bridgehead atoms. The standard InChI is InChI=1S/C21H16N6O3/c28-20(25-23-13-15-8-10-16(11-9-15)27(29)30)14-26-19-7-2-1-5-17(19)24-21(26)18-6-3-4-12-22-18/h1-13H,14H2,(H,25,28)/b23-13-. The van der Waals surface area contributed by atoms with Crippen LogP contribution >= 0.6 is 0 Å². The number of hydrogen-bond donors (Lipinski definition) is 1. The number of benzene rings is 2. The van der Waals surface area contributed by atoms with Crippen molar-refractivity contribution in [2.24, 2.45) is 5.10 Å². The highest BCUT2D eigenvalue weighted by Gasteiger charge is 2.15. The van der Waals surface area contributed by atoms with Crippen LogP contribution in [0.2, 0.25) is 0 Å². The number of nitrogens with zero attached hydrogens (tertiary/aromatic N) is 5. The molecule has 0 saturated carbocycles.